The van der Waals surface area contributed by atoms with Gasteiger partial charge in [0.05, 0.1) is 0 Å². The molecule has 0 N–H and O–H groups in total. The van der Waals surface area contributed by atoms with Crippen molar-refractivity contribution in [2.75, 3.05) is 0 Å². The van der Waals surface area contributed by atoms with Gasteiger partial charge < -0.3 is 34.0 Å². The Hall–Kier alpha value is 0.240. The average Bonchev–Trinajstić information content (AvgIpc) is 2.92. The van der Waals surface area contributed by atoms with Crippen molar-refractivity contribution in [1.82, 2.24) is 0 Å². The SMILES string of the molecule is CC[SiH](CC)[Zr+2][CH]1C(c2ccccc2)=Cc2ccccc21.[Br-].[Br-]. The van der Waals surface area contributed by atoms with Crippen LogP contribution in [0.5, 0.6) is 0 Å². The van der Waals surface area contributed by atoms with E-state index >= 15 is 0 Å². The van der Waals surface area contributed by atoms with Crippen LogP contribution in [-0.4, -0.2) is 5.92 Å². The zero-order chi connectivity index (χ0) is 14.7. The van der Waals surface area contributed by atoms with Gasteiger partial charge in [0, 0.05) is 0 Å². The van der Waals surface area contributed by atoms with E-state index in [0.717, 1.165) is 3.63 Å². The van der Waals surface area contributed by atoms with Crippen molar-refractivity contribution in [1.29, 1.82) is 0 Å². The molecule has 2 aromatic carbocycles. The van der Waals surface area contributed by atoms with Gasteiger partial charge in [-0.25, -0.2) is 0 Å². The van der Waals surface area contributed by atoms with E-state index < -0.39 is 5.92 Å². The van der Waals surface area contributed by atoms with Gasteiger partial charge in [0.2, 0.25) is 0 Å². The first-order chi connectivity index (χ1) is 10.3. The Morgan fingerprint density at radius 3 is 2.13 bits per heavy atom. The third-order valence-corrected chi connectivity index (χ3v) is 20.7. The molecular weight excluding hydrogens is 507 g/mol. The summed E-state index contributed by atoms with van der Waals surface area (Å²) in [5, 5.41) is 0. The first kappa shape index (κ1) is 21.3. The Morgan fingerprint density at radius 2 is 1.48 bits per heavy atom. The molecule has 120 valence electrons. The van der Waals surface area contributed by atoms with Crippen molar-refractivity contribution in [3.8, 4) is 0 Å². The molecule has 1 atom stereocenters. The van der Waals surface area contributed by atoms with Crippen molar-refractivity contribution < 1.29 is 56.4 Å². The van der Waals surface area contributed by atoms with Crippen LogP contribution in [0.3, 0.4) is 0 Å². The monoisotopic (exact) mass is 526 g/mol. The molecule has 23 heavy (non-hydrogen) atoms. The number of hydrogen-bond donors (Lipinski definition) is 0. The number of rotatable bonds is 5. The van der Waals surface area contributed by atoms with Crippen LogP contribution in [0.1, 0.15) is 34.2 Å². The van der Waals surface area contributed by atoms with Crippen molar-refractivity contribution in [3.63, 3.8) is 0 Å². The summed E-state index contributed by atoms with van der Waals surface area (Å²) in [5.41, 5.74) is 6.16. The molecule has 0 aromatic heterocycles. The Bertz CT molecular complexity index is 639. The van der Waals surface area contributed by atoms with Gasteiger partial charge in [-0.15, -0.1) is 0 Å². The van der Waals surface area contributed by atoms with Crippen molar-refractivity contribution >= 4 is 17.6 Å². The molecule has 1 aliphatic rings. The summed E-state index contributed by atoms with van der Waals surface area (Å²) in [4.78, 5) is 0. The molecule has 0 heterocycles. The molecule has 0 nitrogen and oxygen atoms in total. The van der Waals surface area contributed by atoms with E-state index in [4.69, 9.17) is 0 Å². The second kappa shape index (κ2) is 10.3. The largest absolute Gasteiger partial charge is 1.00 e. The van der Waals surface area contributed by atoms with Crippen LogP contribution >= 0.6 is 0 Å². The molecule has 0 spiro atoms. The summed E-state index contributed by atoms with van der Waals surface area (Å²) in [5.74, 6) is -0.437. The number of halogens is 2. The summed E-state index contributed by atoms with van der Waals surface area (Å²) in [7, 11) is 0. The topological polar surface area (TPSA) is 0 Å². The molecule has 0 saturated carbocycles. The van der Waals surface area contributed by atoms with Crippen molar-refractivity contribution in [2.45, 2.75) is 29.6 Å². The molecule has 0 amide bonds. The molecule has 0 radical (unpaired) electrons. The smallest absolute Gasteiger partial charge is 1.00 e. The minimum atomic E-state index is -0.437. The van der Waals surface area contributed by atoms with E-state index in [-0.39, 0.29) is 56.4 Å². The zero-order valence-corrected chi connectivity index (χ0v) is 20.4. The molecular formula is C19H22Br2SiZr. The second-order valence-corrected chi connectivity index (χ2v) is 19.0. The fraction of sp³-hybridized carbons (Fsp3) is 0.263. The van der Waals surface area contributed by atoms with Crippen molar-refractivity contribution in [2.24, 2.45) is 0 Å². The Labute approximate surface area is 173 Å². The fourth-order valence-electron chi connectivity index (χ4n) is 3.14. The van der Waals surface area contributed by atoms with Crippen LogP contribution in [0.25, 0.3) is 11.6 Å². The minimum absolute atomic E-state index is 0. The standard InChI is InChI=1S/C15H11.C4H11Si.2BrH.Zr/c1-2-6-12(7-3-1)15-10-13-8-4-5-9-14(13)11-15;1-3-5-4-2;;;/h1-11H;5H,3-4H2,1-2H3;2*1H;/q;;;;+2/p-2. The molecule has 0 fully saturated rings. The minimum Gasteiger partial charge on any atom is -1.00 e. The normalized spacial score (nSPS) is 15.1. The zero-order valence-electron chi connectivity index (χ0n) is 13.6. The number of benzene rings is 2. The van der Waals surface area contributed by atoms with Gasteiger partial charge in [0.25, 0.3) is 0 Å². The van der Waals surface area contributed by atoms with Crippen molar-refractivity contribution in [3.05, 3.63) is 71.3 Å². The van der Waals surface area contributed by atoms with E-state index in [9.17, 15) is 0 Å². The Balaban J connectivity index is 0.00000132. The van der Waals surface area contributed by atoms with Crippen LogP contribution in [0.15, 0.2) is 54.6 Å². The molecule has 1 unspecified atom stereocenters. The summed E-state index contributed by atoms with van der Waals surface area (Å²) in [6, 6.07) is 23.1. The Kier molecular flexibility index (Phi) is 9.51. The van der Waals surface area contributed by atoms with Crippen LogP contribution in [0.4, 0.5) is 0 Å². The predicted molar refractivity (Wildman–Crippen MR) is 91.6 cm³/mol. The van der Waals surface area contributed by atoms with Gasteiger partial charge in [0.1, 0.15) is 0 Å². The molecule has 0 saturated heterocycles. The molecule has 0 bridgehead atoms. The summed E-state index contributed by atoms with van der Waals surface area (Å²) in [6.07, 6.45) is 2.47. The first-order valence-corrected chi connectivity index (χ1v) is 15.8. The predicted octanol–water partition coefficient (Wildman–Crippen LogP) is -0.864. The maximum Gasteiger partial charge on any atom is -1.00 e. The van der Waals surface area contributed by atoms with Gasteiger partial charge in [-0.2, -0.15) is 0 Å². The first-order valence-electron chi connectivity index (χ1n) is 7.95. The van der Waals surface area contributed by atoms with E-state index in [0.29, 0.717) is 0 Å². The molecule has 2 aromatic rings. The summed E-state index contributed by atoms with van der Waals surface area (Å²) in [6.45, 7) is 4.85. The van der Waals surface area contributed by atoms with Gasteiger partial charge >= 0.3 is 141 Å². The summed E-state index contributed by atoms with van der Waals surface area (Å²) < 4.78 is 0.795. The summed E-state index contributed by atoms with van der Waals surface area (Å²) >= 11 is -0.349. The number of allylic oxidation sites excluding steroid dienone is 1. The van der Waals surface area contributed by atoms with Gasteiger partial charge in [-0.05, 0) is 0 Å². The molecule has 0 aliphatic heterocycles. The average molecular weight is 530 g/mol. The van der Waals surface area contributed by atoms with Crippen LogP contribution in [0, 0.1) is 0 Å². The van der Waals surface area contributed by atoms with Gasteiger partial charge in [0.15, 0.2) is 0 Å². The van der Waals surface area contributed by atoms with Gasteiger partial charge in [-0.3, -0.25) is 0 Å². The maximum atomic E-state index is 2.47. The van der Waals surface area contributed by atoms with E-state index in [1.165, 1.54) is 23.2 Å². The molecule has 4 heteroatoms. The second-order valence-electron chi connectivity index (χ2n) is 5.71. The number of hydrogen-bond acceptors (Lipinski definition) is 0. The third kappa shape index (κ3) is 4.87. The van der Waals surface area contributed by atoms with Crippen LogP contribution < -0.4 is 34.0 Å². The van der Waals surface area contributed by atoms with Crippen LogP contribution in [0.2, 0.25) is 12.1 Å². The number of fused-ring (bicyclic) bond motifs is 1. The molecule has 3 rings (SSSR count). The van der Waals surface area contributed by atoms with E-state index in [2.05, 4.69) is 74.5 Å². The van der Waals surface area contributed by atoms with Crippen LogP contribution in [-0.2, 0) is 22.4 Å². The van der Waals surface area contributed by atoms with E-state index in [1.54, 1.807) is 11.1 Å². The Morgan fingerprint density at radius 1 is 0.870 bits per heavy atom. The third-order valence-electron chi connectivity index (χ3n) is 4.42. The molecule has 1 aliphatic carbocycles. The van der Waals surface area contributed by atoms with Gasteiger partial charge in [-0.1, -0.05) is 0 Å². The fourth-order valence-corrected chi connectivity index (χ4v) is 15.9. The quantitative estimate of drug-likeness (QED) is 0.443. The van der Waals surface area contributed by atoms with E-state index in [1.807, 2.05) is 0 Å². The maximum absolute atomic E-state index is 2.47.